The molecule has 5 nitrogen and oxygen atoms in total. The maximum Gasteiger partial charge on any atom is 0.337 e. The van der Waals surface area contributed by atoms with Gasteiger partial charge in [0, 0.05) is 6.04 Å². The van der Waals surface area contributed by atoms with Crippen molar-refractivity contribution >= 4 is 29.3 Å². The molecule has 1 saturated carbocycles. The predicted molar refractivity (Wildman–Crippen MR) is 77.4 cm³/mol. The molecule has 0 aliphatic heterocycles. The second kappa shape index (κ2) is 6.61. The molecule has 2 amide bonds. The summed E-state index contributed by atoms with van der Waals surface area (Å²) < 4.78 is 0. The first-order valence-electron chi connectivity index (χ1n) is 6.67. The number of benzene rings is 1. The quantitative estimate of drug-likeness (QED) is 0.799. The van der Waals surface area contributed by atoms with Gasteiger partial charge in [-0.1, -0.05) is 36.9 Å². The number of para-hydroxylation sites is 1. The van der Waals surface area contributed by atoms with Crippen molar-refractivity contribution < 1.29 is 14.7 Å². The molecule has 1 aromatic rings. The Morgan fingerprint density at radius 3 is 2.55 bits per heavy atom. The average Bonchev–Trinajstić information content (AvgIpc) is 2.42. The highest BCUT2D eigenvalue weighted by Crippen LogP contribution is 2.26. The molecule has 108 valence electrons. The summed E-state index contributed by atoms with van der Waals surface area (Å²) in [5.41, 5.74) is 0.117. The zero-order valence-electron chi connectivity index (χ0n) is 11.0. The van der Waals surface area contributed by atoms with Gasteiger partial charge in [0.1, 0.15) is 0 Å². The molecule has 2 rings (SSSR count). The van der Waals surface area contributed by atoms with E-state index in [9.17, 15) is 9.59 Å². The zero-order valence-corrected chi connectivity index (χ0v) is 11.7. The second-order valence-corrected chi connectivity index (χ2v) is 5.31. The number of hydrogen-bond donors (Lipinski definition) is 3. The van der Waals surface area contributed by atoms with Crippen LogP contribution in [0.1, 0.15) is 42.5 Å². The molecule has 1 aliphatic rings. The van der Waals surface area contributed by atoms with Crippen LogP contribution in [0.25, 0.3) is 0 Å². The molecule has 0 heterocycles. The van der Waals surface area contributed by atoms with Crippen molar-refractivity contribution in [2.24, 2.45) is 0 Å². The molecule has 3 N–H and O–H groups in total. The number of carbonyl (C=O) groups is 2. The third-order valence-electron chi connectivity index (χ3n) is 3.42. The molecule has 0 spiro atoms. The monoisotopic (exact) mass is 296 g/mol. The SMILES string of the molecule is O=C(Nc1c(Cl)cccc1C(=O)O)NC1CCCCC1. The van der Waals surface area contributed by atoms with Crippen LogP contribution in [-0.2, 0) is 0 Å². The Morgan fingerprint density at radius 1 is 1.20 bits per heavy atom. The Bertz CT molecular complexity index is 513. The minimum atomic E-state index is -1.12. The fourth-order valence-corrected chi connectivity index (χ4v) is 2.63. The number of amides is 2. The number of carboxylic acids is 1. The van der Waals surface area contributed by atoms with E-state index in [0.29, 0.717) is 0 Å². The Labute approximate surface area is 122 Å². The number of rotatable bonds is 3. The zero-order chi connectivity index (χ0) is 14.5. The van der Waals surface area contributed by atoms with Gasteiger partial charge < -0.3 is 15.7 Å². The minimum absolute atomic E-state index is 0.0173. The molecule has 6 heteroatoms. The number of hydrogen-bond acceptors (Lipinski definition) is 2. The van der Waals surface area contributed by atoms with Crippen LogP contribution >= 0.6 is 11.6 Å². The van der Waals surface area contributed by atoms with Crippen LogP contribution < -0.4 is 10.6 Å². The summed E-state index contributed by atoms with van der Waals surface area (Å²) in [7, 11) is 0. The van der Waals surface area contributed by atoms with Crippen LogP contribution in [0.15, 0.2) is 18.2 Å². The largest absolute Gasteiger partial charge is 0.478 e. The lowest BCUT2D eigenvalue weighted by Crippen LogP contribution is -2.39. The first kappa shape index (κ1) is 14.7. The van der Waals surface area contributed by atoms with Gasteiger partial charge in [-0.05, 0) is 25.0 Å². The summed E-state index contributed by atoms with van der Waals surface area (Å²) in [6.45, 7) is 0. The molecule has 1 aromatic carbocycles. The van der Waals surface area contributed by atoms with E-state index in [1.165, 1.54) is 18.6 Å². The summed E-state index contributed by atoms with van der Waals surface area (Å²) in [5, 5.41) is 14.7. The number of anilines is 1. The van der Waals surface area contributed by atoms with Crippen molar-refractivity contribution in [3.63, 3.8) is 0 Å². The summed E-state index contributed by atoms with van der Waals surface area (Å²) in [6.07, 6.45) is 5.34. The van der Waals surface area contributed by atoms with Gasteiger partial charge in [0.05, 0.1) is 16.3 Å². The molecule has 0 radical (unpaired) electrons. The van der Waals surface area contributed by atoms with E-state index in [4.69, 9.17) is 16.7 Å². The normalized spacial score (nSPS) is 15.7. The second-order valence-electron chi connectivity index (χ2n) is 4.90. The Balaban J connectivity index is 2.05. The topological polar surface area (TPSA) is 78.4 Å². The summed E-state index contributed by atoms with van der Waals surface area (Å²) in [5.74, 6) is -1.12. The van der Waals surface area contributed by atoms with Gasteiger partial charge in [-0.15, -0.1) is 0 Å². The first-order chi connectivity index (χ1) is 9.58. The standard InChI is InChI=1S/C14H17ClN2O3/c15-11-8-4-7-10(13(18)19)12(11)17-14(20)16-9-5-2-1-3-6-9/h4,7-9H,1-3,5-6H2,(H,18,19)(H2,16,17,20). The fraction of sp³-hybridized carbons (Fsp3) is 0.429. The predicted octanol–water partition coefficient (Wildman–Crippen LogP) is 3.49. The fourth-order valence-electron chi connectivity index (χ4n) is 2.41. The lowest BCUT2D eigenvalue weighted by molar-refractivity contribution is 0.0698. The lowest BCUT2D eigenvalue weighted by Gasteiger charge is -2.23. The van der Waals surface area contributed by atoms with E-state index in [2.05, 4.69) is 10.6 Å². The van der Waals surface area contributed by atoms with Gasteiger partial charge in [0.2, 0.25) is 0 Å². The molecular formula is C14H17ClN2O3. The molecule has 0 bridgehead atoms. The van der Waals surface area contributed by atoms with Crippen LogP contribution in [0.2, 0.25) is 5.02 Å². The van der Waals surface area contributed by atoms with Crippen molar-refractivity contribution in [3.05, 3.63) is 28.8 Å². The molecular weight excluding hydrogens is 280 g/mol. The van der Waals surface area contributed by atoms with E-state index < -0.39 is 12.0 Å². The van der Waals surface area contributed by atoms with Crippen molar-refractivity contribution in [2.45, 2.75) is 38.1 Å². The number of halogens is 1. The molecule has 0 saturated heterocycles. The summed E-state index contributed by atoms with van der Waals surface area (Å²) >= 11 is 5.95. The molecule has 0 atom stereocenters. The number of carbonyl (C=O) groups excluding carboxylic acids is 1. The molecule has 1 aliphatic carbocycles. The van der Waals surface area contributed by atoms with Gasteiger partial charge in [-0.3, -0.25) is 0 Å². The molecule has 1 fully saturated rings. The molecule has 0 aromatic heterocycles. The minimum Gasteiger partial charge on any atom is -0.478 e. The Hall–Kier alpha value is -1.75. The van der Waals surface area contributed by atoms with Crippen LogP contribution in [0.3, 0.4) is 0 Å². The first-order valence-corrected chi connectivity index (χ1v) is 7.05. The van der Waals surface area contributed by atoms with Crippen LogP contribution in [0, 0.1) is 0 Å². The van der Waals surface area contributed by atoms with Gasteiger partial charge in [-0.2, -0.15) is 0 Å². The van der Waals surface area contributed by atoms with Gasteiger partial charge in [-0.25, -0.2) is 9.59 Å². The van der Waals surface area contributed by atoms with Crippen LogP contribution in [0.4, 0.5) is 10.5 Å². The van der Waals surface area contributed by atoms with Crippen molar-refractivity contribution in [3.8, 4) is 0 Å². The number of carboxylic acid groups (broad SMARTS) is 1. The Morgan fingerprint density at radius 2 is 1.90 bits per heavy atom. The number of urea groups is 1. The van der Waals surface area contributed by atoms with Gasteiger partial charge >= 0.3 is 12.0 Å². The van der Waals surface area contributed by atoms with Crippen LogP contribution in [0.5, 0.6) is 0 Å². The third kappa shape index (κ3) is 3.63. The highest BCUT2D eigenvalue weighted by Gasteiger charge is 2.19. The maximum absolute atomic E-state index is 11.9. The summed E-state index contributed by atoms with van der Waals surface area (Å²) in [4.78, 5) is 23.0. The van der Waals surface area contributed by atoms with E-state index in [-0.39, 0.29) is 22.3 Å². The smallest absolute Gasteiger partial charge is 0.337 e. The maximum atomic E-state index is 11.9. The van der Waals surface area contributed by atoms with Gasteiger partial charge in [0.15, 0.2) is 0 Å². The average molecular weight is 297 g/mol. The number of nitrogens with one attached hydrogen (secondary N) is 2. The highest BCUT2D eigenvalue weighted by atomic mass is 35.5. The van der Waals surface area contributed by atoms with Crippen LogP contribution in [-0.4, -0.2) is 23.1 Å². The van der Waals surface area contributed by atoms with Gasteiger partial charge in [0.25, 0.3) is 0 Å². The molecule has 20 heavy (non-hydrogen) atoms. The van der Waals surface area contributed by atoms with Crippen molar-refractivity contribution in [1.82, 2.24) is 5.32 Å². The molecule has 0 unspecified atom stereocenters. The third-order valence-corrected chi connectivity index (χ3v) is 3.74. The van der Waals surface area contributed by atoms with E-state index in [0.717, 1.165) is 25.7 Å². The number of aromatic carboxylic acids is 1. The van der Waals surface area contributed by atoms with E-state index in [1.807, 2.05) is 0 Å². The highest BCUT2D eigenvalue weighted by molar-refractivity contribution is 6.34. The van der Waals surface area contributed by atoms with E-state index >= 15 is 0 Å². The lowest BCUT2D eigenvalue weighted by atomic mass is 9.96. The van der Waals surface area contributed by atoms with E-state index in [1.54, 1.807) is 6.07 Å². The van der Waals surface area contributed by atoms with Crippen molar-refractivity contribution in [1.29, 1.82) is 0 Å². The Kier molecular flexibility index (Phi) is 4.84. The summed E-state index contributed by atoms with van der Waals surface area (Å²) in [6, 6.07) is 4.23. The van der Waals surface area contributed by atoms with Crippen molar-refractivity contribution in [2.75, 3.05) is 5.32 Å².